The molecule has 0 unspecified atom stereocenters. The van der Waals surface area contributed by atoms with Crippen LogP contribution in [-0.2, 0) is 14.9 Å². The van der Waals surface area contributed by atoms with Gasteiger partial charge in [-0.1, -0.05) is 13.2 Å². The van der Waals surface area contributed by atoms with Gasteiger partial charge in [0.2, 0.25) is 0 Å². The summed E-state index contributed by atoms with van der Waals surface area (Å²) >= 11 is 0. The number of hydrogen-bond acceptors (Lipinski definition) is 4. The molecule has 96 valence electrons. The molecule has 0 amide bonds. The third-order valence-corrected chi connectivity index (χ3v) is 1.71. The topological polar surface area (TPSA) is 83.8 Å². The Morgan fingerprint density at radius 3 is 1.69 bits per heavy atom. The molecule has 16 heavy (non-hydrogen) atoms. The molecular weight excluding hydrogens is 247 g/mol. The van der Waals surface area contributed by atoms with Crippen molar-refractivity contribution in [3.8, 4) is 0 Å². The van der Waals surface area contributed by atoms with Crippen LogP contribution in [-0.4, -0.2) is 47.8 Å². The molecule has 0 aromatic carbocycles. The van der Waals surface area contributed by atoms with Crippen molar-refractivity contribution < 1.29 is 22.8 Å². The van der Waals surface area contributed by atoms with Gasteiger partial charge in [-0.3, -0.25) is 4.55 Å². The first-order chi connectivity index (χ1) is 6.69. The maximum atomic E-state index is 9.83. The van der Waals surface area contributed by atoms with Gasteiger partial charge in [0.25, 0.3) is 10.1 Å². The van der Waals surface area contributed by atoms with Crippen LogP contribution in [0.15, 0.2) is 24.7 Å². The summed E-state index contributed by atoms with van der Waals surface area (Å²) in [4.78, 5) is 0. The zero-order valence-corrected chi connectivity index (χ0v) is 9.88. The summed E-state index contributed by atoms with van der Waals surface area (Å²) in [6, 6.07) is 0. The number of rotatable bonds is 5. The highest BCUT2D eigenvalue weighted by Crippen LogP contribution is 1.97. The van der Waals surface area contributed by atoms with Crippen LogP contribution < -0.4 is 0 Å². The fourth-order valence-corrected chi connectivity index (χ4v) is 1.04. The predicted molar refractivity (Wildman–Crippen MR) is 68.8 cm³/mol. The van der Waals surface area contributed by atoms with E-state index in [1.165, 1.54) is 0 Å². The Labute approximate surface area is 108 Å². The number of ether oxygens (including phenoxy) is 1. The van der Waals surface area contributed by atoms with Gasteiger partial charge in [-0.05, 0) is 20.3 Å². The average Bonchev–Trinajstić information content (AvgIpc) is 1.97. The molecule has 7 heteroatoms. The van der Waals surface area contributed by atoms with E-state index in [9.17, 15) is 8.42 Å². The van der Waals surface area contributed by atoms with Crippen LogP contribution in [0.3, 0.4) is 0 Å². The molecular formula is C9H21AlO5S. The van der Waals surface area contributed by atoms with E-state index in [1.807, 2.05) is 0 Å². The molecule has 0 atom stereocenters. The van der Waals surface area contributed by atoms with Crippen LogP contribution in [0.25, 0.3) is 0 Å². The summed E-state index contributed by atoms with van der Waals surface area (Å²) in [5.74, 6) is 1.02. The Bertz CT molecular complexity index is 285. The first kappa shape index (κ1) is 21.0. The van der Waals surface area contributed by atoms with Crippen LogP contribution in [0.1, 0.15) is 20.3 Å². The zero-order chi connectivity index (χ0) is 12.5. The molecule has 5 nitrogen and oxygen atoms in total. The lowest BCUT2D eigenvalue weighted by Gasteiger charge is -1.99. The molecule has 0 saturated heterocycles. The number of aliphatic hydroxyl groups excluding tert-OH is 1. The summed E-state index contributed by atoms with van der Waals surface area (Å²) in [6.45, 7) is 10.4. The lowest BCUT2D eigenvalue weighted by atomic mass is 10.5. The van der Waals surface area contributed by atoms with Gasteiger partial charge in [0.15, 0.2) is 17.4 Å². The molecule has 2 N–H and O–H groups in total. The lowest BCUT2D eigenvalue weighted by Crippen LogP contribution is -2.04. The molecule has 0 fully saturated rings. The molecule has 0 aromatic rings. The van der Waals surface area contributed by atoms with Crippen molar-refractivity contribution in [2.75, 3.05) is 12.4 Å². The second-order valence-electron chi connectivity index (χ2n) is 2.87. The molecule has 0 radical (unpaired) electrons. The smallest absolute Gasteiger partial charge is 0.264 e. The van der Waals surface area contributed by atoms with E-state index in [4.69, 9.17) is 14.4 Å². The zero-order valence-electron chi connectivity index (χ0n) is 9.06. The normalized spacial score (nSPS) is 9.25. The minimum absolute atomic E-state index is 0. The molecule has 0 aliphatic heterocycles. The van der Waals surface area contributed by atoms with Crippen molar-refractivity contribution in [3.05, 3.63) is 24.7 Å². The fourth-order valence-electron chi connectivity index (χ4n) is 0.544. The van der Waals surface area contributed by atoms with Crippen molar-refractivity contribution in [2.24, 2.45) is 0 Å². The van der Waals surface area contributed by atoms with Crippen LogP contribution in [0.5, 0.6) is 0 Å². The van der Waals surface area contributed by atoms with E-state index in [-0.39, 0.29) is 36.1 Å². The van der Waals surface area contributed by atoms with Crippen LogP contribution in [0.4, 0.5) is 0 Å². The van der Waals surface area contributed by atoms with Gasteiger partial charge in [-0.25, -0.2) is 0 Å². The highest BCUT2D eigenvalue weighted by atomic mass is 32.2. The molecule has 0 heterocycles. The van der Waals surface area contributed by atoms with Crippen molar-refractivity contribution in [1.82, 2.24) is 0 Å². The van der Waals surface area contributed by atoms with E-state index >= 15 is 0 Å². The summed E-state index contributed by atoms with van der Waals surface area (Å²) in [5, 5.41) is 8.05. The van der Waals surface area contributed by atoms with Gasteiger partial charge in [0, 0.05) is 6.61 Å². The minimum Gasteiger partial charge on any atom is -0.468 e. The Balaban J connectivity index is -0.000000200. The van der Waals surface area contributed by atoms with Gasteiger partial charge in [-0.2, -0.15) is 8.42 Å². The largest absolute Gasteiger partial charge is 0.468 e. The summed E-state index contributed by atoms with van der Waals surface area (Å²) < 4.78 is 32.5. The highest BCUT2D eigenvalue weighted by Gasteiger charge is 2.00. The third-order valence-electron chi connectivity index (χ3n) is 0.909. The van der Waals surface area contributed by atoms with E-state index < -0.39 is 10.1 Å². The predicted octanol–water partition coefficient (Wildman–Crippen LogP) is 0.143. The summed E-state index contributed by atoms with van der Waals surface area (Å²) in [7, 11) is -3.85. The van der Waals surface area contributed by atoms with Gasteiger partial charge in [0.05, 0.1) is 17.3 Å². The molecule has 0 saturated carbocycles. The van der Waals surface area contributed by atoms with Crippen LogP contribution in [0.2, 0.25) is 0 Å². The molecule has 0 aliphatic rings. The van der Waals surface area contributed by atoms with Crippen molar-refractivity contribution in [3.63, 3.8) is 0 Å². The average molecular weight is 268 g/mol. The lowest BCUT2D eigenvalue weighted by molar-refractivity contribution is 0.294. The van der Waals surface area contributed by atoms with Gasteiger partial charge in [-0.15, -0.1) is 0 Å². The van der Waals surface area contributed by atoms with Crippen molar-refractivity contribution in [1.29, 1.82) is 0 Å². The first-order valence-corrected chi connectivity index (χ1v) is 5.85. The Hall–Kier alpha value is -0.318. The van der Waals surface area contributed by atoms with Crippen LogP contribution >= 0.6 is 0 Å². The van der Waals surface area contributed by atoms with E-state index in [1.54, 1.807) is 13.8 Å². The second-order valence-corrected chi connectivity index (χ2v) is 4.44. The number of hydrogen-bond donors (Lipinski definition) is 2. The van der Waals surface area contributed by atoms with E-state index in [2.05, 4.69) is 13.2 Å². The third kappa shape index (κ3) is 29.2. The molecule has 0 aromatic heterocycles. The van der Waals surface area contributed by atoms with Crippen molar-refractivity contribution >= 4 is 27.5 Å². The molecule has 0 bridgehead atoms. The van der Waals surface area contributed by atoms with Gasteiger partial charge in [0.1, 0.15) is 0 Å². The summed E-state index contributed by atoms with van der Waals surface area (Å²) in [5.41, 5.74) is 0. The van der Waals surface area contributed by atoms with Crippen LogP contribution in [0, 0.1) is 0 Å². The van der Waals surface area contributed by atoms with E-state index in [0.717, 1.165) is 0 Å². The quantitative estimate of drug-likeness (QED) is 0.421. The SMILES string of the molecule is C=C(C)OC(=C)C.O=S(=O)(O)CCCO.[AlH3]. The van der Waals surface area contributed by atoms with Crippen molar-refractivity contribution in [2.45, 2.75) is 20.3 Å². The Morgan fingerprint density at radius 2 is 1.62 bits per heavy atom. The number of allylic oxidation sites excluding steroid dienone is 2. The second kappa shape index (κ2) is 11.2. The minimum atomic E-state index is -3.85. The monoisotopic (exact) mass is 268 g/mol. The summed E-state index contributed by atoms with van der Waals surface area (Å²) in [6.07, 6.45) is 0.0961. The standard InChI is InChI=1S/C6H10O.C3H8O4S.Al.3H/c1-5(2)7-6(3)4;4-2-1-3-8(5,6)7;;;;/h1,3H2,2,4H3;4H,1-3H2,(H,5,6,7);;;;. The van der Waals surface area contributed by atoms with Gasteiger partial charge >= 0.3 is 0 Å². The maximum Gasteiger partial charge on any atom is 0.264 e. The Morgan fingerprint density at radius 1 is 1.25 bits per heavy atom. The van der Waals surface area contributed by atoms with Gasteiger partial charge < -0.3 is 9.84 Å². The Kier molecular flexibility index (Phi) is 14.7. The highest BCUT2D eigenvalue weighted by molar-refractivity contribution is 7.85. The number of aliphatic hydroxyl groups is 1. The molecule has 0 aliphatic carbocycles. The molecule has 0 rings (SSSR count). The first-order valence-electron chi connectivity index (χ1n) is 4.24. The molecule has 0 spiro atoms. The van der Waals surface area contributed by atoms with E-state index in [0.29, 0.717) is 11.5 Å². The fraction of sp³-hybridized carbons (Fsp3) is 0.556. The maximum absolute atomic E-state index is 9.83.